The molecule has 6 heteroatoms. The van der Waals surface area contributed by atoms with E-state index in [1.165, 1.54) is 11.1 Å². The number of carbonyl (C=O) groups excluding carboxylic acids is 1. The molecular formula is C23H30N4O2. The second-order valence-electron chi connectivity index (χ2n) is 7.84. The summed E-state index contributed by atoms with van der Waals surface area (Å²) in [6.45, 7) is 4.43. The van der Waals surface area contributed by atoms with E-state index in [-0.39, 0.29) is 18.0 Å². The minimum Gasteiger partial charge on any atom is -0.497 e. The van der Waals surface area contributed by atoms with Gasteiger partial charge in [-0.3, -0.25) is 9.69 Å². The van der Waals surface area contributed by atoms with Gasteiger partial charge in [-0.05, 0) is 36.1 Å². The number of hydrazine groups is 1. The first kappa shape index (κ1) is 19.9. The van der Waals surface area contributed by atoms with Crippen molar-refractivity contribution < 1.29 is 9.53 Å². The van der Waals surface area contributed by atoms with Crippen molar-refractivity contribution in [3.05, 3.63) is 65.7 Å². The number of benzene rings is 2. The highest BCUT2D eigenvalue weighted by Crippen LogP contribution is 2.23. The zero-order chi connectivity index (χ0) is 20.1. The van der Waals surface area contributed by atoms with E-state index in [9.17, 15) is 4.79 Å². The Hall–Kier alpha value is -2.41. The van der Waals surface area contributed by atoms with Gasteiger partial charge in [-0.2, -0.15) is 0 Å². The van der Waals surface area contributed by atoms with Crippen molar-refractivity contribution in [3.8, 4) is 5.75 Å². The molecule has 0 radical (unpaired) electrons. The molecule has 0 bridgehead atoms. The molecule has 2 heterocycles. The molecule has 6 nitrogen and oxygen atoms in total. The molecule has 0 spiro atoms. The summed E-state index contributed by atoms with van der Waals surface area (Å²) in [5.74, 6) is 1.09. The van der Waals surface area contributed by atoms with E-state index in [0.717, 1.165) is 51.3 Å². The third kappa shape index (κ3) is 4.96. The lowest BCUT2D eigenvalue weighted by Crippen LogP contribution is -2.46. The van der Waals surface area contributed by atoms with Gasteiger partial charge in [0.1, 0.15) is 11.8 Å². The van der Waals surface area contributed by atoms with Crippen LogP contribution in [0.3, 0.4) is 0 Å². The van der Waals surface area contributed by atoms with Crippen LogP contribution in [0.25, 0.3) is 0 Å². The van der Waals surface area contributed by atoms with Crippen LogP contribution in [-0.2, 0) is 11.3 Å². The SMILES string of the molecule is COc1ccc(CN2CCCN(C(=O)C3CC(c4ccccc4)NN3)CC2)cc1. The Labute approximate surface area is 172 Å². The van der Waals surface area contributed by atoms with Crippen LogP contribution < -0.4 is 15.6 Å². The highest BCUT2D eigenvalue weighted by atomic mass is 16.5. The minimum atomic E-state index is -0.159. The molecule has 2 aliphatic rings. The highest BCUT2D eigenvalue weighted by molar-refractivity contribution is 5.82. The normalized spacial score (nSPS) is 23.0. The number of hydrogen-bond donors (Lipinski definition) is 2. The summed E-state index contributed by atoms with van der Waals surface area (Å²) in [5, 5.41) is 0. The molecule has 2 atom stereocenters. The van der Waals surface area contributed by atoms with Crippen LogP contribution in [0, 0.1) is 0 Å². The number of ether oxygens (including phenoxy) is 1. The molecule has 0 saturated carbocycles. The fourth-order valence-electron chi connectivity index (χ4n) is 4.18. The fraction of sp³-hybridized carbons (Fsp3) is 0.435. The van der Waals surface area contributed by atoms with Gasteiger partial charge < -0.3 is 9.64 Å². The first-order chi connectivity index (χ1) is 14.2. The van der Waals surface area contributed by atoms with E-state index in [1.54, 1.807) is 7.11 Å². The van der Waals surface area contributed by atoms with Crippen LogP contribution >= 0.6 is 0 Å². The van der Waals surface area contributed by atoms with Crippen molar-refractivity contribution in [3.63, 3.8) is 0 Å². The van der Waals surface area contributed by atoms with Gasteiger partial charge in [0, 0.05) is 38.8 Å². The lowest BCUT2D eigenvalue weighted by atomic mass is 10.0. The maximum atomic E-state index is 13.1. The number of methoxy groups -OCH3 is 1. The quantitative estimate of drug-likeness (QED) is 0.815. The van der Waals surface area contributed by atoms with Gasteiger partial charge in [0.05, 0.1) is 7.11 Å². The predicted molar refractivity (Wildman–Crippen MR) is 113 cm³/mol. The molecule has 2 aliphatic heterocycles. The van der Waals surface area contributed by atoms with Crippen LogP contribution in [0.5, 0.6) is 5.75 Å². The maximum Gasteiger partial charge on any atom is 0.241 e. The summed E-state index contributed by atoms with van der Waals surface area (Å²) in [4.78, 5) is 17.5. The molecule has 2 aromatic carbocycles. The van der Waals surface area contributed by atoms with Gasteiger partial charge >= 0.3 is 0 Å². The summed E-state index contributed by atoms with van der Waals surface area (Å²) in [6.07, 6.45) is 1.79. The predicted octanol–water partition coefficient (Wildman–Crippen LogP) is 2.34. The van der Waals surface area contributed by atoms with Crippen LogP contribution in [-0.4, -0.2) is 55.0 Å². The standard InChI is InChI=1S/C23H30N4O2/c1-29-20-10-8-18(9-11-20)17-26-12-5-13-27(15-14-26)23(28)22-16-21(24-25-22)19-6-3-2-4-7-19/h2-4,6-11,21-22,24-25H,5,12-17H2,1H3. The highest BCUT2D eigenvalue weighted by Gasteiger charge is 2.33. The number of rotatable bonds is 5. The number of carbonyl (C=O) groups is 1. The lowest BCUT2D eigenvalue weighted by molar-refractivity contribution is -0.133. The second-order valence-corrected chi connectivity index (χ2v) is 7.84. The lowest BCUT2D eigenvalue weighted by Gasteiger charge is -2.24. The minimum absolute atomic E-state index is 0.159. The van der Waals surface area contributed by atoms with E-state index in [1.807, 2.05) is 35.2 Å². The van der Waals surface area contributed by atoms with Crippen molar-refractivity contribution in [1.82, 2.24) is 20.7 Å². The Morgan fingerprint density at radius 3 is 2.55 bits per heavy atom. The van der Waals surface area contributed by atoms with E-state index in [0.29, 0.717) is 0 Å². The van der Waals surface area contributed by atoms with Crippen molar-refractivity contribution >= 4 is 5.91 Å². The summed E-state index contributed by atoms with van der Waals surface area (Å²) >= 11 is 0. The Balaban J connectivity index is 1.29. The first-order valence-corrected chi connectivity index (χ1v) is 10.4. The van der Waals surface area contributed by atoms with Gasteiger partial charge in [0.2, 0.25) is 5.91 Å². The fourth-order valence-corrected chi connectivity index (χ4v) is 4.18. The van der Waals surface area contributed by atoms with Crippen LogP contribution in [0.1, 0.15) is 30.0 Å². The molecule has 2 N–H and O–H groups in total. The van der Waals surface area contributed by atoms with Gasteiger partial charge in [-0.1, -0.05) is 42.5 Å². The van der Waals surface area contributed by atoms with Crippen LogP contribution in [0.15, 0.2) is 54.6 Å². The summed E-state index contributed by atoms with van der Waals surface area (Å²) in [7, 11) is 1.69. The molecule has 0 aliphatic carbocycles. The number of nitrogens with one attached hydrogen (secondary N) is 2. The summed E-state index contributed by atoms with van der Waals surface area (Å²) in [5.41, 5.74) is 9.00. The van der Waals surface area contributed by atoms with Crippen LogP contribution in [0.4, 0.5) is 0 Å². The second kappa shape index (κ2) is 9.39. The third-order valence-corrected chi connectivity index (χ3v) is 5.87. The molecule has 4 rings (SSSR count). The van der Waals surface area contributed by atoms with Gasteiger partial charge in [0.25, 0.3) is 0 Å². The molecule has 2 aromatic rings. The van der Waals surface area contributed by atoms with E-state index >= 15 is 0 Å². The largest absolute Gasteiger partial charge is 0.497 e. The average molecular weight is 395 g/mol. The zero-order valence-corrected chi connectivity index (χ0v) is 17.0. The van der Waals surface area contributed by atoms with Gasteiger partial charge in [0.15, 0.2) is 0 Å². The summed E-state index contributed by atoms with van der Waals surface area (Å²) < 4.78 is 5.24. The molecular weight excluding hydrogens is 364 g/mol. The topological polar surface area (TPSA) is 56.8 Å². The summed E-state index contributed by atoms with van der Waals surface area (Å²) in [6, 6.07) is 18.6. The average Bonchev–Trinajstić information content (AvgIpc) is 3.15. The number of amides is 1. The monoisotopic (exact) mass is 394 g/mol. The number of nitrogens with zero attached hydrogens (tertiary/aromatic N) is 2. The first-order valence-electron chi connectivity index (χ1n) is 10.4. The third-order valence-electron chi connectivity index (χ3n) is 5.87. The molecule has 2 unspecified atom stereocenters. The number of hydrogen-bond acceptors (Lipinski definition) is 5. The van der Waals surface area contributed by atoms with Crippen molar-refractivity contribution in [2.45, 2.75) is 31.5 Å². The van der Waals surface area contributed by atoms with Crippen molar-refractivity contribution in [2.24, 2.45) is 0 Å². The van der Waals surface area contributed by atoms with Crippen molar-refractivity contribution in [2.75, 3.05) is 33.3 Å². The maximum absolute atomic E-state index is 13.1. The Bertz CT molecular complexity index is 796. The van der Waals surface area contributed by atoms with Crippen LogP contribution in [0.2, 0.25) is 0 Å². The molecule has 2 saturated heterocycles. The van der Waals surface area contributed by atoms with Crippen molar-refractivity contribution in [1.29, 1.82) is 0 Å². The van der Waals surface area contributed by atoms with E-state index in [4.69, 9.17) is 4.74 Å². The molecule has 154 valence electrons. The van der Waals surface area contributed by atoms with E-state index in [2.05, 4.69) is 40.0 Å². The van der Waals surface area contributed by atoms with Gasteiger partial charge in [-0.15, -0.1) is 0 Å². The smallest absolute Gasteiger partial charge is 0.241 e. The molecule has 29 heavy (non-hydrogen) atoms. The zero-order valence-electron chi connectivity index (χ0n) is 17.0. The molecule has 1 amide bonds. The Kier molecular flexibility index (Phi) is 6.44. The van der Waals surface area contributed by atoms with Gasteiger partial charge in [-0.25, -0.2) is 10.9 Å². The molecule has 2 fully saturated rings. The Morgan fingerprint density at radius 1 is 1.00 bits per heavy atom. The Morgan fingerprint density at radius 2 is 1.79 bits per heavy atom. The van der Waals surface area contributed by atoms with E-state index < -0.39 is 0 Å². The molecule has 0 aromatic heterocycles.